The van der Waals surface area contributed by atoms with Gasteiger partial charge >= 0.3 is 0 Å². The number of rotatable bonds is 9. The van der Waals surface area contributed by atoms with E-state index in [1.807, 2.05) is 62.4 Å². The summed E-state index contributed by atoms with van der Waals surface area (Å²) in [6.07, 6.45) is 1.50. The number of carbonyl (C=O) groups is 1. The van der Waals surface area contributed by atoms with Gasteiger partial charge in [-0.25, -0.2) is 0 Å². The molecule has 0 aliphatic heterocycles. The van der Waals surface area contributed by atoms with E-state index in [2.05, 4.69) is 5.32 Å². The second-order valence-electron chi connectivity index (χ2n) is 7.05. The summed E-state index contributed by atoms with van der Waals surface area (Å²) < 4.78 is 11.4. The molecule has 2 aromatic carbocycles. The maximum atomic E-state index is 12.4. The van der Waals surface area contributed by atoms with Gasteiger partial charge in [-0.2, -0.15) is 0 Å². The smallest absolute Gasteiger partial charge is 0.240 e. The summed E-state index contributed by atoms with van der Waals surface area (Å²) in [5.74, 6) is 1.15. The molecule has 0 fully saturated rings. The summed E-state index contributed by atoms with van der Waals surface area (Å²) >= 11 is 0. The van der Waals surface area contributed by atoms with Crippen molar-refractivity contribution in [3.8, 4) is 11.5 Å². The molecule has 0 heterocycles. The van der Waals surface area contributed by atoms with Crippen LogP contribution in [0.2, 0.25) is 0 Å². The van der Waals surface area contributed by atoms with Gasteiger partial charge in [-0.15, -0.1) is 0 Å². The van der Waals surface area contributed by atoms with Crippen LogP contribution in [0, 0.1) is 0 Å². The maximum absolute atomic E-state index is 12.4. The van der Waals surface area contributed by atoms with Crippen LogP contribution in [0.15, 0.2) is 48.5 Å². The SMILES string of the molecule is CCCC(C)(N)C(=O)NC(C)c1ccc(OCc2ccccc2)c(OC)c1. The van der Waals surface area contributed by atoms with Crippen molar-refractivity contribution in [2.24, 2.45) is 5.73 Å². The van der Waals surface area contributed by atoms with Gasteiger partial charge in [0.25, 0.3) is 0 Å². The number of nitrogens with two attached hydrogens (primary N) is 1. The van der Waals surface area contributed by atoms with Crippen LogP contribution >= 0.6 is 0 Å². The third-order valence-electron chi connectivity index (χ3n) is 4.56. The molecule has 5 heteroatoms. The van der Waals surface area contributed by atoms with Gasteiger partial charge in [0.2, 0.25) is 5.91 Å². The number of hydrogen-bond donors (Lipinski definition) is 2. The van der Waals surface area contributed by atoms with Crippen LogP contribution in [-0.4, -0.2) is 18.6 Å². The molecule has 0 saturated heterocycles. The Morgan fingerprint density at radius 3 is 2.52 bits per heavy atom. The van der Waals surface area contributed by atoms with Gasteiger partial charge < -0.3 is 20.5 Å². The van der Waals surface area contributed by atoms with Gasteiger partial charge in [-0.05, 0) is 43.5 Å². The molecule has 0 radical (unpaired) electrons. The van der Waals surface area contributed by atoms with Gasteiger partial charge in [-0.1, -0.05) is 49.7 Å². The lowest BCUT2D eigenvalue weighted by Crippen LogP contribution is -2.52. The Balaban J connectivity index is 2.06. The van der Waals surface area contributed by atoms with Crippen LogP contribution in [0.3, 0.4) is 0 Å². The Morgan fingerprint density at radius 1 is 1.19 bits per heavy atom. The van der Waals surface area contributed by atoms with Crippen LogP contribution in [0.4, 0.5) is 0 Å². The van der Waals surface area contributed by atoms with Crippen molar-refractivity contribution in [1.82, 2.24) is 5.32 Å². The summed E-state index contributed by atoms with van der Waals surface area (Å²) in [7, 11) is 1.61. The summed E-state index contributed by atoms with van der Waals surface area (Å²) in [6.45, 7) is 6.17. The number of carbonyl (C=O) groups excluding carboxylic acids is 1. The Bertz CT molecular complexity index is 744. The Hall–Kier alpha value is -2.53. The number of methoxy groups -OCH3 is 1. The van der Waals surface area contributed by atoms with E-state index in [9.17, 15) is 4.79 Å². The third-order valence-corrected chi connectivity index (χ3v) is 4.56. The summed E-state index contributed by atoms with van der Waals surface area (Å²) in [5.41, 5.74) is 7.26. The third kappa shape index (κ3) is 5.73. The monoisotopic (exact) mass is 370 g/mol. The van der Waals surface area contributed by atoms with E-state index < -0.39 is 5.54 Å². The summed E-state index contributed by atoms with van der Waals surface area (Å²) in [6, 6.07) is 15.5. The average Bonchev–Trinajstić information content (AvgIpc) is 2.66. The minimum absolute atomic E-state index is 0.153. The predicted octanol–water partition coefficient (Wildman–Crippen LogP) is 3.97. The zero-order chi connectivity index (χ0) is 19.9. The molecule has 2 aromatic rings. The zero-order valence-electron chi connectivity index (χ0n) is 16.6. The molecular formula is C22H30N2O3. The van der Waals surface area contributed by atoms with Gasteiger partial charge in [0.1, 0.15) is 6.61 Å². The predicted molar refractivity (Wildman–Crippen MR) is 108 cm³/mol. The zero-order valence-corrected chi connectivity index (χ0v) is 16.6. The number of ether oxygens (including phenoxy) is 2. The highest BCUT2D eigenvalue weighted by Crippen LogP contribution is 2.31. The molecular weight excluding hydrogens is 340 g/mol. The highest BCUT2D eigenvalue weighted by molar-refractivity contribution is 5.85. The van der Waals surface area contributed by atoms with Crippen LogP contribution in [0.5, 0.6) is 11.5 Å². The number of nitrogens with one attached hydrogen (secondary N) is 1. The van der Waals surface area contributed by atoms with Crippen molar-refractivity contribution in [3.63, 3.8) is 0 Å². The lowest BCUT2D eigenvalue weighted by molar-refractivity contribution is -0.126. The van der Waals surface area contributed by atoms with Crippen LogP contribution in [0.25, 0.3) is 0 Å². The van der Waals surface area contributed by atoms with Crippen molar-refractivity contribution < 1.29 is 14.3 Å². The Morgan fingerprint density at radius 2 is 1.89 bits per heavy atom. The minimum Gasteiger partial charge on any atom is -0.493 e. The number of hydrogen-bond acceptors (Lipinski definition) is 4. The highest BCUT2D eigenvalue weighted by atomic mass is 16.5. The van der Waals surface area contributed by atoms with Crippen molar-refractivity contribution >= 4 is 5.91 Å². The van der Waals surface area contributed by atoms with E-state index in [0.717, 1.165) is 17.5 Å². The molecule has 0 aromatic heterocycles. The molecule has 0 bridgehead atoms. The van der Waals surface area contributed by atoms with E-state index in [4.69, 9.17) is 15.2 Å². The first kappa shape index (κ1) is 20.8. The Kier molecular flexibility index (Phi) is 7.25. The molecule has 2 atom stereocenters. The fraction of sp³-hybridized carbons (Fsp3) is 0.409. The topological polar surface area (TPSA) is 73.6 Å². The van der Waals surface area contributed by atoms with Crippen LogP contribution < -0.4 is 20.5 Å². The molecule has 5 nitrogen and oxygen atoms in total. The first-order chi connectivity index (χ1) is 12.9. The molecule has 2 rings (SSSR count). The molecule has 146 valence electrons. The Labute approximate surface area is 161 Å². The van der Waals surface area contributed by atoms with Gasteiger partial charge in [0.05, 0.1) is 18.7 Å². The molecule has 0 aliphatic carbocycles. The van der Waals surface area contributed by atoms with Crippen molar-refractivity contribution in [3.05, 3.63) is 59.7 Å². The first-order valence-corrected chi connectivity index (χ1v) is 9.32. The normalized spacial score (nSPS) is 14.1. The first-order valence-electron chi connectivity index (χ1n) is 9.32. The van der Waals surface area contributed by atoms with E-state index in [-0.39, 0.29) is 11.9 Å². The molecule has 3 N–H and O–H groups in total. The lowest BCUT2D eigenvalue weighted by atomic mass is 9.95. The minimum atomic E-state index is -0.869. The maximum Gasteiger partial charge on any atom is 0.240 e. The van der Waals surface area contributed by atoms with Crippen LogP contribution in [-0.2, 0) is 11.4 Å². The van der Waals surface area contributed by atoms with Crippen molar-refractivity contribution in [2.75, 3.05) is 7.11 Å². The molecule has 0 spiro atoms. The summed E-state index contributed by atoms with van der Waals surface area (Å²) in [5, 5.41) is 2.99. The number of benzene rings is 2. The standard InChI is InChI=1S/C22H30N2O3/c1-5-13-22(3,23)21(25)24-16(2)18-11-12-19(20(14-18)26-4)27-15-17-9-7-6-8-10-17/h6-12,14,16H,5,13,15,23H2,1-4H3,(H,24,25). The fourth-order valence-electron chi connectivity index (χ4n) is 2.89. The van der Waals surface area contributed by atoms with Crippen molar-refractivity contribution in [1.29, 1.82) is 0 Å². The largest absolute Gasteiger partial charge is 0.493 e. The second kappa shape index (κ2) is 9.42. The average molecular weight is 370 g/mol. The molecule has 1 amide bonds. The molecule has 27 heavy (non-hydrogen) atoms. The quantitative estimate of drug-likeness (QED) is 0.700. The van der Waals surface area contributed by atoms with E-state index >= 15 is 0 Å². The van der Waals surface area contributed by atoms with E-state index in [1.54, 1.807) is 14.0 Å². The lowest BCUT2D eigenvalue weighted by Gasteiger charge is -2.26. The molecule has 0 saturated carbocycles. The van der Waals surface area contributed by atoms with E-state index in [0.29, 0.717) is 24.5 Å². The highest BCUT2D eigenvalue weighted by Gasteiger charge is 2.28. The van der Waals surface area contributed by atoms with Crippen molar-refractivity contribution in [2.45, 2.75) is 51.8 Å². The van der Waals surface area contributed by atoms with E-state index in [1.165, 1.54) is 0 Å². The molecule has 2 unspecified atom stereocenters. The second-order valence-corrected chi connectivity index (χ2v) is 7.05. The van der Waals surface area contributed by atoms with Gasteiger partial charge in [0.15, 0.2) is 11.5 Å². The van der Waals surface area contributed by atoms with Crippen LogP contribution in [0.1, 0.15) is 50.8 Å². The van der Waals surface area contributed by atoms with Gasteiger partial charge in [0, 0.05) is 0 Å². The molecule has 0 aliphatic rings. The van der Waals surface area contributed by atoms with Gasteiger partial charge in [-0.3, -0.25) is 4.79 Å². The number of amides is 1. The fourth-order valence-corrected chi connectivity index (χ4v) is 2.89. The summed E-state index contributed by atoms with van der Waals surface area (Å²) in [4.78, 5) is 12.4.